The number of aryl methyl sites for hydroxylation is 2. The second-order valence-electron chi connectivity index (χ2n) is 7.19. The van der Waals surface area contributed by atoms with Crippen LogP contribution >= 0.6 is 11.6 Å². The SMILES string of the molecule is CCN1CCN(c2ccc(NC(=O)COc3ccc(C)cc3C)cc2Cl)CC1. The number of halogens is 1. The van der Waals surface area contributed by atoms with E-state index in [1.165, 1.54) is 5.56 Å². The normalized spacial score (nSPS) is 14.8. The van der Waals surface area contributed by atoms with Crippen molar-refractivity contribution < 1.29 is 9.53 Å². The summed E-state index contributed by atoms with van der Waals surface area (Å²) in [6.45, 7) is 11.2. The van der Waals surface area contributed by atoms with E-state index in [0.29, 0.717) is 10.7 Å². The summed E-state index contributed by atoms with van der Waals surface area (Å²) in [7, 11) is 0. The average Bonchev–Trinajstić information content (AvgIpc) is 2.67. The van der Waals surface area contributed by atoms with Gasteiger partial charge in [-0.25, -0.2) is 0 Å². The predicted molar refractivity (Wildman–Crippen MR) is 116 cm³/mol. The van der Waals surface area contributed by atoms with Gasteiger partial charge in [-0.3, -0.25) is 4.79 Å². The molecule has 1 aliphatic rings. The van der Waals surface area contributed by atoms with Gasteiger partial charge in [0.15, 0.2) is 6.61 Å². The summed E-state index contributed by atoms with van der Waals surface area (Å²) in [4.78, 5) is 17.0. The quantitative estimate of drug-likeness (QED) is 0.790. The summed E-state index contributed by atoms with van der Waals surface area (Å²) < 4.78 is 5.64. The Balaban J connectivity index is 1.55. The van der Waals surface area contributed by atoms with Gasteiger partial charge in [-0.15, -0.1) is 0 Å². The summed E-state index contributed by atoms with van der Waals surface area (Å²) in [5, 5.41) is 3.51. The molecule has 0 radical (unpaired) electrons. The van der Waals surface area contributed by atoms with Gasteiger partial charge < -0.3 is 19.9 Å². The number of anilines is 2. The lowest BCUT2D eigenvalue weighted by Crippen LogP contribution is -2.46. The highest BCUT2D eigenvalue weighted by atomic mass is 35.5. The van der Waals surface area contributed by atoms with Crippen LogP contribution in [0.5, 0.6) is 5.75 Å². The molecule has 1 aliphatic heterocycles. The molecule has 0 bridgehead atoms. The first-order valence-corrected chi connectivity index (χ1v) is 10.1. The summed E-state index contributed by atoms with van der Waals surface area (Å²) in [6, 6.07) is 11.6. The van der Waals surface area contributed by atoms with Gasteiger partial charge >= 0.3 is 0 Å². The third kappa shape index (κ3) is 5.18. The standard InChI is InChI=1S/C22H28ClN3O2/c1-4-25-9-11-26(12-10-25)20-7-6-18(14-19(20)23)24-22(27)15-28-21-8-5-16(2)13-17(21)3/h5-8,13-14H,4,9-12,15H2,1-3H3,(H,24,27). The third-order valence-corrected chi connectivity index (χ3v) is 5.38. The molecule has 1 fully saturated rings. The highest BCUT2D eigenvalue weighted by molar-refractivity contribution is 6.33. The lowest BCUT2D eigenvalue weighted by Gasteiger charge is -2.36. The third-order valence-electron chi connectivity index (χ3n) is 5.08. The van der Waals surface area contributed by atoms with Gasteiger partial charge in [0.25, 0.3) is 5.91 Å². The van der Waals surface area contributed by atoms with Crippen molar-refractivity contribution in [3.8, 4) is 5.75 Å². The lowest BCUT2D eigenvalue weighted by atomic mass is 10.1. The number of carbonyl (C=O) groups excluding carboxylic acids is 1. The summed E-state index contributed by atoms with van der Waals surface area (Å²) in [6.07, 6.45) is 0. The highest BCUT2D eigenvalue weighted by Gasteiger charge is 2.18. The molecule has 28 heavy (non-hydrogen) atoms. The van der Waals surface area contributed by atoms with E-state index in [4.69, 9.17) is 16.3 Å². The van der Waals surface area contributed by atoms with E-state index in [0.717, 1.165) is 49.7 Å². The van der Waals surface area contributed by atoms with E-state index >= 15 is 0 Å². The van der Waals surface area contributed by atoms with Gasteiger partial charge in [-0.2, -0.15) is 0 Å². The smallest absolute Gasteiger partial charge is 0.262 e. The fourth-order valence-corrected chi connectivity index (χ4v) is 3.75. The molecule has 0 saturated carbocycles. The highest BCUT2D eigenvalue weighted by Crippen LogP contribution is 2.29. The summed E-state index contributed by atoms with van der Waals surface area (Å²) >= 11 is 6.49. The Labute approximate surface area is 172 Å². The van der Waals surface area contributed by atoms with Crippen molar-refractivity contribution >= 4 is 28.9 Å². The van der Waals surface area contributed by atoms with Crippen molar-refractivity contribution in [2.45, 2.75) is 20.8 Å². The molecule has 3 rings (SSSR count). The average molecular weight is 402 g/mol. The van der Waals surface area contributed by atoms with Crippen LogP contribution in [0, 0.1) is 13.8 Å². The molecule has 150 valence electrons. The molecular formula is C22H28ClN3O2. The fraction of sp³-hybridized carbons (Fsp3) is 0.409. The number of rotatable bonds is 6. The number of hydrogen-bond donors (Lipinski definition) is 1. The number of carbonyl (C=O) groups is 1. The number of nitrogens with one attached hydrogen (secondary N) is 1. The fourth-order valence-electron chi connectivity index (χ4n) is 3.45. The van der Waals surface area contributed by atoms with Gasteiger partial charge in [-0.1, -0.05) is 36.2 Å². The van der Waals surface area contributed by atoms with Gasteiger partial charge in [-0.05, 0) is 50.2 Å². The Bertz CT molecular complexity index is 833. The minimum Gasteiger partial charge on any atom is -0.483 e. The Morgan fingerprint density at radius 1 is 1.11 bits per heavy atom. The second kappa shape index (κ2) is 9.30. The van der Waals surface area contributed by atoms with E-state index in [2.05, 4.69) is 22.0 Å². The monoisotopic (exact) mass is 401 g/mol. The maximum atomic E-state index is 12.2. The van der Waals surface area contributed by atoms with Crippen molar-refractivity contribution in [3.63, 3.8) is 0 Å². The number of hydrogen-bond acceptors (Lipinski definition) is 4. The van der Waals surface area contributed by atoms with Crippen LogP contribution in [0.3, 0.4) is 0 Å². The number of benzene rings is 2. The molecule has 0 aromatic heterocycles. The largest absolute Gasteiger partial charge is 0.483 e. The van der Waals surface area contributed by atoms with Gasteiger partial charge in [0.1, 0.15) is 5.75 Å². The van der Waals surface area contributed by atoms with Crippen molar-refractivity contribution in [3.05, 3.63) is 52.5 Å². The maximum Gasteiger partial charge on any atom is 0.262 e. The van der Waals surface area contributed by atoms with Crippen LogP contribution in [0.1, 0.15) is 18.1 Å². The summed E-state index contributed by atoms with van der Waals surface area (Å²) in [5.74, 6) is 0.515. The topological polar surface area (TPSA) is 44.8 Å². The molecule has 6 heteroatoms. The van der Waals surface area contributed by atoms with E-state index in [1.807, 2.05) is 44.2 Å². The van der Waals surface area contributed by atoms with Crippen LogP contribution < -0.4 is 15.0 Å². The first kappa shape index (κ1) is 20.5. The minimum absolute atomic E-state index is 0.0394. The Kier molecular flexibility index (Phi) is 6.81. The molecule has 5 nitrogen and oxygen atoms in total. The first-order valence-electron chi connectivity index (χ1n) is 9.73. The molecule has 1 N–H and O–H groups in total. The molecular weight excluding hydrogens is 374 g/mol. The zero-order chi connectivity index (χ0) is 20.1. The van der Waals surface area contributed by atoms with Gasteiger partial charge in [0.05, 0.1) is 10.7 Å². The van der Waals surface area contributed by atoms with E-state index in [9.17, 15) is 4.79 Å². The molecule has 0 atom stereocenters. The van der Waals surface area contributed by atoms with Crippen molar-refractivity contribution in [2.24, 2.45) is 0 Å². The first-order chi connectivity index (χ1) is 13.5. The zero-order valence-corrected chi connectivity index (χ0v) is 17.6. The van der Waals surface area contributed by atoms with Crippen LogP contribution in [0.2, 0.25) is 5.02 Å². The molecule has 1 heterocycles. The maximum absolute atomic E-state index is 12.2. The predicted octanol–water partition coefficient (Wildman–Crippen LogP) is 4.12. The second-order valence-corrected chi connectivity index (χ2v) is 7.60. The number of amides is 1. The van der Waals surface area contributed by atoms with Crippen LogP contribution in [0.15, 0.2) is 36.4 Å². The zero-order valence-electron chi connectivity index (χ0n) is 16.8. The van der Waals surface area contributed by atoms with E-state index in [1.54, 1.807) is 6.07 Å². The van der Waals surface area contributed by atoms with Gasteiger partial charge in [0.2, 0.25) is 0 Å². The molecule has 0 spiro atoms. The lowest BCUT2D eigenvalue weighted by molar-refractivity contribution is -0.118. The minimum atomic E-state index is -0.208. The van der Waals surface area contributed by atoms with Crippen molar-refractivity contribution in [1.29, 1.82) is 0 Å². The van der Waals surface area contributed by atoms with E-state index in [-0.39, 0.29) is 12.5 Å². The van der Waals surface area contributed by atoms with Crippen molar-refractivity contribution in [2.75, 3.05) is 49.5 Å². The van der Waals surface area contributed by atoms with Crippen LogP contribution in [-0.4, -0.2) is 50.1 Å². The Morgan fingerprint density at radius 3 is 2.50 bits per heavy atom. The number of ether oxygens (including phenoxy) is 1. The molecule has 1 saturated heterocycles. The molecule has 0 unspecified atom stereocenters. The Morgan fingerprint density at radius 2 is 1.86 bits per heavy atom. The molecule has 2 aromatic carbocycles. The summed E-state index contributed by atoms with van der Waals surface area (Å²) in [5.41, 5.74) is 3.88. The van der Waals surface area contributed by atoms with Crippen LogP contribution in [0.4, 0.5) is 11.4 Å². The molecule has 0 aliphatic carbocycles. The van der Waals surface area contributed by atoms with E-state index < -0.39 is 0 Å². The van der Waals surface area contributed by atoms with Crippen LogP contribution in [-0.2, 0) is 4.79 Å². The van der Waals surface area contributed by atoms with Gasteiger partial charge in [0, 0.05) is 31.9 Å². The number of likely N-dealkylation sites (N-methyl/N-ethyl adjacent to an activating group) is 1. The molecule has 1 amide bonds. The Hall–Kier alpha value is -2.24. The van der Waals surface area contributed by atoms with Crippen LogP contribution in [0.25, 0.3) is 0 Å². The van der Waals surface area contributed by atoms with Crippen molar-refractivity contribution in [1.82, 2.24) is 4.90 Å². The number of piperazine rings is 1. The molecule has 2 aromatic rings. The number of nitrogens with zero attached hydrogens (tertiary/aromatic N) is 2.